The first-order valence-electron chi connectivity index (χ1n) is 9.01. The Morgan fingerprint density at radius 1 is 0.962 bits per heavy atom. The van der Waals surface area contributed by atoms with Gasteiger partial charge >= 0.3 is 29.2 Å². The second kappa shape index (κ2) is 11.0. The van der Waals surface area contributed by atoms with E-state index in [4.69, 9.17) is 0 Å². The van der Waals surface area contributed by atoms with Crippen LogP contribution in [0, 0.1) is 13.6 Å². The van der Waals surface area contributed by atoms with E-state index >= 15 is 0 Å². The summed E-state index contributed by atoms with van der Waals surface area (Å²) in [6.07, 6.45) is 0. The van der Waals surface area contributed by atoms with Crippen LogP contribution >= 0.6 is 9.19 Å². The Balaban J connectivity index is 0.00000117. The minimum absolute atomic E-state index is 0.862. The normalized spacial score (nSPS) is 12.9. The van der Waals surface area contributed by atoms with Gasteiger partial charge in [-0.05, 0) is 37.7 Å². The van der Waals surface area contributed by atoms with Gasteiger partial charge in [0.05, 0.1) is 11.4 Å². The number of likely N-dealkylation sites (N-methyl/N-ethyl adjacent to an activating group) is 1. The molecule has 0 atom stereocenters. The van der Waals surface area contributed by atoms with Gasteiger partial charge in [-0.3, -0.25) is 0 Å². The van der Waals surface area contributed by atoms with Gasteiger partial charge < -0.3 is 14.7 Å². The Morgan fingerprint density at radius 3 is 2.23 bits per heavy atom. The summed E-state index contributed by atoms with van der Waals surface area (Å²) >= 11 is 2.42. The molecule has 0 amide bonds. The first kappa shape index (κ1) is 21.3. The Kier molecular flexibility index (Phi) is 9.03. The van der Waals surface area contributed by atoms with Gasteiger partial charge in [-0.1, -0.05) is 55.8 Å². The molecule has 26 heavy (non-hydrogen) atoms. The Morgan fingerprint density at radius 2 is 1.62 bits per heavy atom. The number of hydrogen-bond acceptors (Lipinski definition) is 3. The standard InChI is InChI=1S/C21H27N3.Ag.ClH/c1-4-22(5-2)13-14-23-17-24(21-12-7-6-11-20(21)23)16-19-10-8-9-18(3)15-19;;/h6-12,15H,4-5,13-14,16H2,1-3H3;;1H/q;+1;/p-1. The summed E-state index contributed by atoms with van der Waals surface area (Å²) < 4.78 is 0. The molecule has 0 unspecified atom stereocenters. The molecule has 5 heteroatoms. The number of rotatable bonds is 7. The van der Waals surface area contributed by atoms with Gasteiger partial charge in [0.1, 0.15) is 0 Å². The molecule has 1 heterocycles. The zero-order valence-corrected chi connectivity index (χ0v) is 17.9. The molecular weight excluding hydrogens is 438 g/mol. The average Bonchev–Trinajstić information content (AvgIpc) is 3.02. The van der Waals surface area contributed by atoms with Gasteiger partial charge in [-0.15, -0.1) is 0 Å². The van der Waals surface area contributed by atoms with Crippen LogP contribution in [0.3, 0.4) is 0 Å². The SMILES string of the molecule is CCN(CC)CCN1[C]N(Cc2cccc(C)c2)c2ccccc21.[Cl][Ag]. The van der Waals surface area contributed by atoms with Gasteiger partial charge in [0.15, 0.2) is 0 Å². The number of aryl methyl sites for hydroxylation is 1. The number of halogens is 1. The Bertz CT molecular complexity index is 676. The maximum atomic E-state index is 4.45. The van der Waals surface area contributed by atoms with Crippen molar-refractivity contribution in [2.75, 3.05) is 36.0 Å². The van der Waals surface area contributed by atoms with Gasteiger partial charge in [0, 0.05) is 19.6 Å². The van der Waals surface area contributed by atoms with Crippen molar-refractivity contribution in [1.29, 1.82) is 0 Å². The maximum absolute atomic E-state index is 4.45. The van der Waals surface area contributed by atoms with Crippen LogP contribution in [-0.4, -0.2) is 31.1 Å². The molecular formula is C21H27AgClN3. The van der Waals surface area contributed by atoms with E-state index in [-0.39, 0.29) is 0 Å². The number of para-hydroxylation sites is 2. The van der Waals surface area contributed by atoms with Crippen molar-refractivity contribution in [3.63, 3.8) is 0 Å². The number of anilines is 2. The summed E-state index contributed by atoms with van der Waals surface area (Å²) in [6.45, 7) is 15.2. The van der Waals surface area contributed by atoms with Crippen molar-refractivity contribution < 1.29 is 20.0 Å². The second-order valence-electron chi connectivity index (χ2n) is 6.34. The van der Waals surface area contributed by atoms with Crippen LogP contribution in [0.4, 0.5) is 11.4 Å². The van der Waals surface area contributed by atoms with Crippen LogP contribution < -0.4 is 9.80 Å². The van der Waals surface area contributed by atoms with Gasteiger partial charge in [0.25, 0.3) is 0 Å². The molecule has 0 saturated heterocycles. The number of nitrogens with zero attached hydrogens (tertiary/aromatic N) is 3. The monoisotopic (exact) mass is 463 g/mol. The van der Waals surface area contributed by atoms with Crippen molar-refractivity contribution in [3.05, 3.63) is 66.3 Å². The molecule has 0 aromatic heterocycles. The van der Waals surface area contributed by atoms with E-state index in [2.05, 4.69) is 120 Å². The van der Waals surface area contributed by atoms with Crippen LogP contribution in [0.15, 0.2) is 48.5 Å². The van der Waals surface area contributed by atoms with Crippen molar-refractivity contribution in [2.24, 2.45) is 0 Å². The fourth-order valence-electron chi connectivity index (χ4n) is 3.24. The van der Waals surface area contributed by atoms with Crippen molar-refractivity contribution in [2.45, 2.75) is 27.3 Å². The van der Waals surface area contributed by atoms with Crippen LogP contribution in [0.1, 0.15) is 25.0 Å². The van der Waals surface area contributed by atoms with E-state index in [1.807, 2.05) is 0 Å². The summed E-state index contributed by atoms with van der Waals surface area (Å²) in [5.74, 6) is 0. The number of hydrogen-bond donors (Lipinski definition) is 0. The third-order valence-corrected chi connectivity index (χ3v) is 4.66. The van der Waals surface area contributed by atoms with Gasteiger partial charge in [-0.2, -0.15) is 0 Å². The van der Waals surface area contributed by atoms with Gasteiger partial charge in [0.2, 0.25) is 6.67 Å². The predicted molar refractivity (Wildman–Crippen MR) is 108 cm³/mol. The van der Waals surface area contributed by atoms with E-state index in [1.165, 1.54) is 22.5 Å². The van der Waals surface area contributed by atoms with Crippen molar-refractivity contribution in [3.8, 4) is 0 Å². The van der Waals surface area contributed by atoms with Crippen LogP contribution in [0.25, 0.3) is 0 Å². The summed E-state index contributed by atoms with van der Waals surface area (Å²) in [6, 6.07) is 17.3. The summed E-state index contributed by atoms with van der Waals surface area (Å²) in [5.41, 5.74) is 5.14. The first-order chi connectivity index (χ1) is 12.7. The second-order valence-corrected chi connectivity index (χ2v) is 6.34. The molecule has 0 fully saturated rings. The molecule has 2 radical (unpaired) electrons. The van der Waals surface area contributed by atoms with Crippen molar-refractivity contribution >= 4 is 20.6 Å². The average molecular weight is 465 g/mol. The molecule has 1 aliphatic heterocycles. The molecule has 2 aromatic carbocycles. The quantitative estimate of drug-likeness (QED) is 0.543. The van der Waals surface area contributed by atoms with Crippen molar-refractivity contribution in [1.82, 2.24) is 4.90 Å². The number of benzene rings is 2. The molecule has 3 nitrogen and oxygen atoms in total. The summed E-state index contributed by atoms with van der Waals surface area (Å²) in [7, 11) is 4.45. The van der Waals surface area contributed by atoms with E-state index < -0.39 is 0 Å². The first-order valence-corrected chi connectivity index (χ1v) is 10.9. The zero-order chi connectivity index (χ0) is 18.9. The summed E-state index contributed by atoms with van der Waals surface area (Å²) in [4.78, 5) is 6.96. The third-order valence-electron chi connectivity index (χ3n) is 4.66. The van der Waals surface area contributed by atoms with E-state index in [0.29, 0.717) is 0 Å². The molecule has 0 saturated carbocycles. The predicted octanol–water partition coefficient (Wildman–Crippen LogP) is 4.85. The van der Waals surface area contributed by atoms with E-state index in [0.717, 1.165) is 32.7 Å². The Labute approximate surface area is 174 Å². The fourth-order valence-corrected chi connectivity index (χ4v) is 3.24. The topological polar surface area (TPSA) is 9.72 Å². The van der Waals surface area contributed by atoms with Crippen LogP contribution in [0.5, 0.6) is 0 Å². The van der Waals surface area contributed by atoms with Crippen LogP contribution in [-0.2, 0) is 26.5 Å². The molecule has 2 aromatic rings. The molecule has 0 aliphatic carbocycles. The summed E-state index contributed by atoms with van der Waals surface area (Å²) in [5, 5.41) is 0. The van der Waals surface area contributed by atoms with Gasteiger partial charge in [-0.25, -0.2) is 0 Å². The molecule has 3 rings (SSSR count). The molecule has 0 spiro atoms. The van der Waals surface area contributed by atoms with E-state index in [1.54, 1.807) is 0 Å². The van der Waals surface area contributed by atoms with Crippen LogP contribution in [0.2, 0.25) is 0 Å². The number of fused-ring (bicyclic) bond motifs is 1. The molecule has 1 aliphatic rings. The zero-order valence-electron chi connectivity index (χ0n) is 15.7. The fraction of sp³-hybridized carbons (Fsp3) is 0.381. The minimum atomic E-state index is 0.862. The molecule has 0 N–H and O–H groups in total. The molecule has 0 bridgehead atoms. The molecule has 144 valence electrons. The third kappa shape index (κ3) is 5.51. The Hall–Kier alpha value is -0.970. The van der Waals surface area contributed by atoms with E-state index in [9.17, 15) is 0 Å².